The van der Waals surface area contributed by atoms with Crippen LogP contribution in [0.3, 0.4) is 0 Å². The number of halogens is 1. The fraction of sp³-hybridized carbons (Fsp3) is 0.586. The number of amides is 1. The zero-order valence-electron chi connectivity index (χ0n) is 23.9. The maximum absolute atomic E-state index is 11.9. The molecule has 3 rings (SSSR count). The third-order valence-corrected chi connectivity index (χ3v) is 4.09. The minimum Gasteiger partial charge on any atom is -0.370 e. The topological polar surface area (TPSA) is 66.0 Å². The van der Waals surface area contributed by atoms with Crippen LogP contribution in [0.4, 0.5) is 16.0 Å². The van der Waals surface area contributed by atoms with Gasteiger partial charge in [0.05, 0.1) is 0 Å². The second kappa shape index (κ2) is 29.4. The molecule has 1 amide bonds. The SMILES string of the molecule is CC.CC.CC.CC.CCCNC(=O)CCCNc1ccc2c(n1)NCCC2.Fc1ccccc1. The normalized spacial score (nSPS) is 10.0. The minimum absolute atomic E-state index is 0.133. The highest BCUT2D eigenvalue weighted by atomic mass is 19.1. The molecule has 0 spiro atoms. The second-order valence-corrected chi connectivity index (χ2v) is 6.41. The number of hydrogen-bond donors (Lipinski definition) is 3. The molecule has 1 aromatic carbocycles. The number of nitrogens with zero attached hydrogens (tertiary/aromatic N) is 1. The van der Waals surface area contributed by atoms with Gasteiger partial charge in [-0.1, -0.05) is 86.6 Å². The third kappa shape index (κ3) is 20.5. The number of carbonyl (C=O) groups is 1. The van der Waals surface area contributed by atoms with Crippen LogP contribution < -0.4 is 16.0 Å². The molecule has 0 aliphatic carbocycles. The van der Waals surface area contributed by atoms with Crippen LogP contribution in [0.5, 0.6) is 0 Å². The maximum Gasteiger partial charge on any atom is 0.220 e. The number of aromatic nitrogens is 1. The summed E-state index contributed by atoms with van der Waals surface area (Å²) >= 11 is 0. The molecular formula is C29H53FN4O. The third-order valence-electron chi connectivity index (χ3n) is 4.09. The summed E-state index contributed by atoms with van der Waals surface area (Å²) in [7, 11) is 0. The molecule has 35 heavy (non-hydrogen) atoms. The predicted molar refractivity (Wildman–Crippen MR) is 154 cm³/mol. The van der Waals surface area contributed by atoms with Crippen LogP contribution in [0.25, 0.3) is 0 Å². The van der Waals surface area contributed by atoms with E-state index in [0.717, 1.165) is 50.5 Å². The molecule has 1 aliphatic heterocycles. The van der Waals surface area contributed by atoms with E-state index >= 15 is 0 Å². The van der Waals surface area contributed by atoms with Crippen LogP contribution in [0.1, 0.15) is 93.6 Å². The largest absolute Gasteiger partial charge is 0.370 e. The van der Waals surface area contributed by atoms with E-state index in [-0.39, 0.29) is 11.7 Å². The molecule has 5 nitrogen and oxygen atoms in total. The first-order valence-corrected chi connectivity index (χ1v) is 13.6. The van der Waals surface area contributed by atoms with Gasteiger partial charge in [0.15, 0.2) is 0 Å². The number of rotatable bonds is 7. The summed E-state index contributed by atoms with van der Waals surface area (Å²) in [5.74, 6) is 1.84. The number of fused-ring (bicyclic) bond motifs is 1. The Kier molecular flexibility index (Phi) is 31.0. The Morgan fingerprint density at radius 3 is 2.11 bits per heavy atom. The van der Waals surface area contributed by atoms with Crippen LogP contribution in [0.15, 0.2) is 42.5 Å². The van der Waals surface area contributed by atoms with Gasteiger partial charge in [0.25, 0.3) is 0 Å². The first kappa shape index (κ1) is 36.9. The average Bonchev–Trinajstić information content (AvgIpc) is 2.95. The molecule has 1 aromatic heterocycles. The van der Waals surface area contributed by atoms with Gasteiger partial charge in [0.2, 0.25) is 5.91 Å². The number of nitrogens with one attached hydrogen (secondary N) is 3. The molecule has 202 valence electrons. The number of pyridine rings is 1. The van der Waals surface area contributed by atoms with Crippen molar-refractivity contribution in [3.05, 3.63) is 53.8 Å². The van der Waals surface area contributed by atoms with E-state index in [4.69, 9.17) is 0 Å². The van der Waals surface area contributed by atoms with E-state index in [1.165, 1.54) is 24.1 Å². The van der Waals surface area contributed by atoms with Crippen LogP contribution in [0, 0.1) is 5.82 Å². The Bertz CT molecular complexity index is 696. The molecular weight excluding hydrogens is 439 g/mol. The Hall–Kier alpha value is -2.63. The number of aryl methyl sites for hydroxylation is 1. The van der Waals surface area contributed by atoms with E-state index < -0.39 is 0 Å². The molecule has 0 saturated heterocycles. The maximum atomic E-state index is 11.9. The number of anilines is 2. The highest BCUT2D eigenvalue weighted by Crippen LogP contribution is 2.21. The molecule has 0 fully saturated rings. The van der Waals surface area contributed by atoms with Gasteiger partial charge in [-0.2, -0.15) is 0 Å². The lowest BCUT2D eigenvalue weighted by atomic mass is 10.1. The van der Waals surface area contributed by atoms with Crippen molar-refractivity contribution in [2.45, 2.75) is 94.4 Å². The van der Waals surface area contributed by atoms with E-state index in [9.17, 15) is 9.18 Å². The molecule has 6 heteroatoms. The molecule has 2 aromatic rings. The first-order valence-electron chi connectivity index (χ1n) is 13.6. The van der Waals surface area contributed by atoms with Gasteiger partial charge >= 0.3 is 0 Å². The quantitative estimate of drug-likeness (QED) is 0.342. The highest BCUT2D eigenvalue weighted by molar-refractivity contribution is 5.75. The van der Waals surface area contributed by atoms with Crippen LogP contribution in [0.2, 0.25) is 0 Å². The summed E-state index contributed by atoms with van der Waals surface area (Å²) in [6.45, 7) is 20.6. The summed E-state index contributed by atoms with van der Waals surface area (Å²) in [4.78, 5) is 16.0. The van der Waals surface area contributed by atoms with Gasteiger partial charge in [0.1, 0.15) is 17.5 Å². The minimum atomic E-state index is -0.178. The molecule has 0 radical (unpaired) electrons. The smallest absolute Gasteiger partial charge is 0.220 e. The fourth-order valence-electron chi connectivity index (χ4n) is 2.66. The zero-order valence-corrected chi connectivity index (χ0v) is 23.9. The van der Waals surface area contributed by atoms with E-state index in [1.54, 1.807) is 18.2 Å². The fourth-order valence-corrected chi connectivity index (χ4v) is 2.66. The Morgan fingerprint density at radius 1 is 0.943 bits per heavy atom. The van der Waals surface area contributed by atoms with Crippen molar-refractivity contribution in [2.24, 2.45) is 0 Å². The molecule has 0 saturated carbocycles. The van der Waals surface area contributed by atoms with Crippen LogP contribution in [-0.2, 0) is 11.2 Å². The number of benzene rings is 1. The van der Waals surface area contributed by atoms with E-state index in [2.05, 4.69) is 33.9 Å². The summed E-state index contributed by atoms with van der Waals surface area (Å²) in [6.07, 6.45) is 4.65. The van der Waals surface area contributed by atoms with Gasteiger partial charge in [-0.3, -0.25) is 4.79 Å². The van der Waals surface area contributed by atoms with E-state index in [1.807, 2.05) is 61.5 Å². The monoisotopic (exact) mass is 492 g/mol. The Balaban J connectivity index is -0.000000567. The Morgan fingerprint density at radius 2 is 1.57 bits per heavy atom. The second-order valence-electron chi connectivity index (χ2n) is 6.41. The van der Waals surface area contributed by atoms with Crippen molar-refractivity contribution in [3.63, 3.8) is 0 Å². The lowest BCUT2D eigenvalue weighted by molar-refractivity contribution is -0.121. The molecule has 0 atom stereocenters. The van der Waals surface area contributed by atoms with Gasteiger partial charge in [-0.15, -0.1) is 0 Å². The lowest BCUT2D eigenvalue weighted by Gasteiger charge is -2.17. The van der Waals surface area contributed by atoms with Gasteiger partial charge in [-0.25, -0.2) is 9.37 Å². The molecule has 1 aliphatic rings. The van der Waals surface area contributed by atoms with Gasteiger partial charge in [-0.05, 0) is 49.4 Å². The van der Waals surface area contributed by atoms with Crippen molar-refractivity contribution in [1.82, 2.24) is 10.3 Å². The average molecular weight is 493 g/mol. The summed E-state index contributed by atoms with van der Waals surface area (Å²) in [5.41, 5.74) is 1.29. The van der Waals surface area contributed by atoms with Crippen molar-refractivity contribution in [2.75, 3.05) is 30.3 Å². The van der Waals surface area contributed by atoms with Crippen molar-refractivity contribution in [1.29, 1.82) is 0 Å². The molecule has 0 bridgehead atoms. The van der Waals surface area contributed by atoms with Crippen molar-refractivity contribution >= 4 is 17.5 Å². The van der Waals surface area contributed by atoms with Crippen molar-refractivity contribution < 1.29 is 9.18 Å². The number of hydrogen-bond acceptors (Lipinski definition) is 4. The summed E-state index contributed by atoms with van der Waals surface area (Å²) in [5, 5.41) is 9.47. The van der Waals surface area contributed by atoms with Crippen LogP contribution in [-0.4, -0.2) is 30.5 Å². The molecule has 3 N–H and O–H groups in total. The number of carbonyl (C=O) groups excluding carboxylic acids is 1. The molecule has 2 heterocycles. The van der Waals surface area contributed by atoms with Crippen molar-refractivity contribution in [3.8, 4) is 0 Å². The predicted octanol–water partition coefficient (Wildman–Crippen LogP) is 8.09. The molecule has 0 unspecified atom stereocenters. The highest BCUT2D eigenvalue weighted by Gasteiger charge is 2.10. The summed E-state index contributed by atoms with van der Waals surface area (Å²) in [6, 6.07) is 12.1. The summed E-state index contributed by atoms with van der Waals surface area (Å²) < 4.78 is 11.9. The van der Waals surface area contributed by atoms with Gasteiger partial charge in [0, 0.05) is 26.1 Å². The first-order chi connectivity index (χ1) is 17.2. The standard InChI is InChI=1S/C15H24N4O.C6H5F.4C2H6/c1-2-9-17-14(20)6-4-10-16-13-8-7-12-5-3-11-18-15(12)19-13;7-6-4-2-1-3-5-6;4*1-2/h7-8H,2-6,9-11H2,1H3,(H,17,20)(H2,16,18,19);1-5H;4*1-2H3. The van der Waals surface area contributed by atoms with Gasteiger partial charge < -0.3 is 16.0 Å². The lowest BCUT2D eigenvalue weighted by Crippen LogP contribution is -2.24. The van der Waals surface area contributed by atoms with Crippen LogP contribution >= 0.6 is 0 Å². The van der Waals surface area contributed by atoms with E-state index in [0.29, 0.717) is 6.42 Å². The zero-order chi connectivity index (χ0) is 27.3. The Labute approximate surface area is 215 Å².